The molecule has 2 aliphatic rings. The van der Waals surface area contributed by atoms with Gasteiger partial charge in [-0.05, 0) is 29.1 Å². The number of morpholine rings is 1. The van der Waals surface area contributed by atoms with Crippen molar-refractivity contribution in [1.29, 1.82) is 0 Å². The normalized spacial score (nSPS) is 18.8. The van der Waals surface area contributed by atoms with Crippen LogP contribution in [-0.2, 0) is 4.74 Å². The molecule has 1 saturated heterocycles. The Balaban J connectivity index is 1.50. The topological polar surface area (TPSA) is 75.9 Å². The maximum absolute atomic E-state index is 13.8. The van der Waals surface area contributed by atoms with Crippen LogP contribution < -0.4 is 5.43 Å². The molecule has 7 heteroatoms. The lowest BCUT2D eigenvalue weighted by Crippen LogP contribution is -2.42. The molecule has 2 aromatic carbocycles. The lowest BCUT2D eigenvalue weighted by Gasteiger charge is -2.31. The van der Waals surface area contributed by atoms with Gasteiger partial charge in [0.05, 0.1) is 30.2 Å². The van der Waals surface area contributed by atoms with Gasteiger partial charge in [-0.3, -0.25) is 19.5 Å². The van der Waals surface area contributed by atoms with Gasteiger partial charge in [0.15, 0.2) is 5.43 Å². The highest BCUT2D eigenvalue weighted by Crippen LogP contribution is 2.38. The summed E-state index contributed by atoms with van der Waals surface area (Å²) in [4.78, 5) is 35.5. The second-order valence-electron chi connectivity index (χ2n) is 8.47. The van der Waals surface area contributed by atoms with Crippen molar-refractivity contribution >= 4 is 27.6 Å². The predicted octanol–water partition coefficient (Wildman–Crippen LogP) is 3.22. The fourth-order valence-electron chi connectivity index (χ4n) is 4.94. The lowest BCUT2D eigenvalue weighted by molar-refractivity contribution is 0.0314. The molecule has 166 valence electrons. The highest BCUT2D eigenvalue weighted by atomic mass is 16.5. The Morgan fingerprint density at radius 1 is 0.909 bits per heavy atom. The van der Waals surface area contributed by atoms with E-state index in [1.807, 2.05) is 42.5 Å². The van der Waals surface area contributed by atoms with E-state index in [0.29, 0.717) is 42.8 Å². The Morgan fingerprint density at radius 3 is 2.52 bits per heavy atom. The number of rotatable bonds is 4. The second-order valence-corrected chi connectivity index (χ2v) is 8.47. The predicted molar refractivity (Wildman–Crippen MR) is 124 cm³/mol. The summed E-state index contributed by atoms with van der Waals surface area (Å²) in [6.45, 7) is 4.26. The molecular formula is C26H23N3O4. The zero-order chi connectivity index (χ0) is 22.4. The number of carbonyl (C=O) groups is 1. The van der Waals surface area contributed by atoms with E-state index in [9.17, 15) is 9.59 Å². The van der Waals surface area contributed by atoms with E-state index in [1.54, 1.807) is 23.4 Å². The molecule has 1 fully saturated rings. The van der Waals surface area contributed by atoms with Gasteiger partial charge in [0.2, 0.25) is 5.76 Å². The fourth-order valence-corrected chi connectivity index (χ4v) is 4.94. The monoisotopic (exact) mass is 441 g/mol. The summed E-state index contributed by atoms with van der Waals surface area (Å²) >= 11 is 0. The third-order valence-electron chi connectivity index (χ3n) is 6.64. The van der Waals surface area contributed by atoms with Crippen LogP contribution in [0, 0.1) is 0 Å². The molecule has 4 heterocycles. The Labute approximate surface area is 190 Å². The van der Waals surface area contributed by atoms with Gasteiger partial charge in [-0.25, -0.2) is 0 Å². The quantitative estimate of drug-likeness (QED) is 0.453. The molecule has 7 nitrogen and oxygen atoms in total. The van der Waals surface area contributed by atoms with Crippen molar-refractivity contribution in [2.24, 2.45) is 0 Å². The maximum Gasteiger partial charge on any atom is 0.290 e. The van der Waals surface area contributed by atoms with Crippen molar-refractivity contribution in [3.05, 3.63) is 88.0 Å². The molecule has 6 rings (SSSR count). The number of aromatic nitrogens is 1. The van der Waals surface area contributed by atoms with Gasteiger partial charge in [0.1, 0.15) is 5.58 Å². The Hall–Kier alpha value is -3.55. The van der Waals surface area contributed by atoms with Gasteiger partial charge in [-0.15, -0.1) is 0 Å². The Morgan fingerprint density at radius 2 is 1.70 bits per heavy atom. The van der Waals surface area contributed by atoms with Crippen LogP contribution in [0.5, 0.6) is 0 Å². The van der Waals surface area contributed by atoms with Crippen LogP contribution in [0.3, 0.4) is 0 Å². The molecule has 2 aromatic heterocycles. The number of ether oxygens (including phenoxy) is 1. The van der Waals surface area contributed by atoms with Crippen LogP contribution >= 0.6 is 0 Å². The van der Waals surface area contributed by atoms with Crippen LogP contribution in [0.4, 0.5) is 0 Å². The minimum absolute atomic E-state index is 0.146. The van der Waals surface area contributed by atoms with Crippen molar-refractivity contribution in [2.75, 3.05) is 39.4 Å². The van der Waals surface area contributed by atoms with E-state index in [-0.39, 0.29) is 17.1 Å². The molecule has 0 radical (unpaired) electrons. The van der Waals surface area contributed by atoms with Gasteiger partial charge in [-0.1, -0.05) is 30.3 Å². The number of nitrogens with zero attached hydrogens (tertiary/aromatic N) is 3. The van der Waals surface area contributed by atoms with E-state index in [4.69, 9.17) is 9.15 Å². The summed E-state index contributed by atoms with van der Waals surface area (Å²) in [5.41, 5.74) is 1.58. The third kappa shape index (κ3) is 3.32. The first-order valence-electron chi connectivity index (χ1n) is 11.2. The smallest absolute Gasteiger partial charge is 0.290 e. The van der Waals surface area contributed by atoms with Crippen molar-refractivity contribution in [1.82, 2.24) is 14.8 Å². The van der Waals surface area contributed by atoms with Crippen LogP contribution in [-0.4, -0.2) is 60.1 Å². The second kappa shape index (κ2) is 8.10. The summed E-state index contributed by atoms with van der Waals surface area (Å²) in [5.74, 6) is -0.0975. The number of hydrogen-bond donors (Lipinski definition) is 0. The average Bonchev–Trinajstić information content (AvgIpc) is 3.15. The van der Waals surface area contributed by atoms with E-state index in [1.165, 1.54) is 0 Å². The van der Waals surface area contributed by atoms with Crippen molar-refractivity contribution in [2.45, 2.75) is 6.04 Å². The summed E-state index contributed by atoms with van der Waals surface area (Å²) in [5, 5.41) is 2.29. The van der Waals surface area contributed by atoms with Crippen LogP contribution in [0.1, 0.15) is 27.7 Å². The highest BCUT2D eigenvalue weighted by molar-refractivity contribution is 6.06. The molecule has 0 unspecified atom stereocenters. The first-order valence-corrected chi connectivity index (χ1v) is 11.2. The van der Waals surface area contributed by atoms with Crippen LogP contribution in [0.15, 0.2) is 70.1 Å². The molecular weight excluding hydrogens is 418 g/mol. The standard InChI is InChI=1S/C26H23N3O4/c30-23-20-6-5-17-3-1-2-4-19(17)24(20)33-25-21(23)22(18-7-9-27-10-8-18)29(26(25)31)12-11-28-13-15-32-16-14-28/h1-10,22H,11-16H2/t22-/m1/s1. The van der Waals surface area contributed by atoms with Gasteiger partial charge in [-0.2, -0.15) is 0 Å². The molecule has 1 amide bonds. The van der Waals surface area contributed by atoms with Gasteiger partial charge in [0, 0.05) is 44.0 Å². The van der Waals surface area contributed by atoms with Crippen molar-refractivity contribution < 1.29 is 13.9 Å². The van der Waals surface area contributed by atoms with Crippen LogP contribution in [0.2, 0.25) is 0 Å². The number of hydrogen-bond acceptors (Lipinski definition) is 6. The van der Waals surface area contributed by atoms with E-state index in [2.05, 4.69) is 9.88 Å². The number of carbonyl (C=O) groups excluding carboxylic acids is 1. The summed E-state index contributed by atoms with van der Waals surface area (Å²) in [6.07, 6.45) is 3.38. The summed E-state index contributed by atoms with van der Waals surface area (Å²) in [6, 6.07) is 14.7. The van der Waals surface area contributed by atoms with Gasteiger partial charge < -0.3 is 14.1 Å². The Kier molecular flexibility index (Phi) is 4.93. The van der Waals surface area contributed by atoms with E-state index in [0.717, 1.165) is 29.4 Å². The van der Waals surface area contributed by atoms with E-state index >= 15 is 0 Å². The average molecular weight is 441 g/mol. The Bertz CT molecular complexity index is 1410. The van der Waals surface area contributed by atoms with Gasteiger partial charge in [0.25, 0.3) is 5.91 Å². The molecule has 1 atom stereocenters. The molecule has 4 aromatic rings. The number of fused-ring (bicyclic) bond motifs is 4. The minimum Gasteiger partial charge on any atom is -0.450 e. The lowest BCUT2D eigenvalue weighted by atomic mass is 9.98. The maximum atomic E-state index is 13.8. The highest BCUT2D eigenvalue weighted by Gasteiger charge is 2.42. The van der Waals surface area contributed by atoms with Gasteiger partial charge >= 0.3 is 0 Å². The first-order chi connectivity index (χ1) is 16.2. The van der Waals surface area contributed by atoms with E-state index < -0.39 is 6.04 Å². The third-order valence-corrected chi connectivity index (χ3v) is 6.64. The zero-order valence-corrected chi connectivity index (χ0v) is 18.1. The molecule has 0 spiro atoms. The first kappa shape index (κ1) is 20.1. The summed E-state index contributed by atoms with van der Waals surface area (Å²) < 4.78 is 11.7. The molecule has 2 aliphatic heterocycles. The molecule has 33 heavy (non-hydrogen) atoms. The number of pyridine rings is 1. The summed E-state index contributed by atoms with van der Waals surface area (Å²) in [7, 11) is 0. The van der Waals surface area contributed by atoms with Crippen LogP contribution in [0.25, 0.3) is 21.7 Å². The van der Waals surface area contributed by atoms with Crippen molar-refractivity contribution in [3.63, 3.8) is 0 Å². The zero-order valence-electron chi connectivity index (χ0n) is 18.1. The number of benzene rings is 2. The minimum atomic E-state index is -0.497. The molecule has 0 N–H and O–H groups in total. The molecule has 0 bridgehead atoms. The largest absolute Gasteiger partial charge is 0.450 e. The molecule has 0 aliphatic carbocycles. The van der Waals surface area contributed by atoms with Crippen molar-refractivity contribution in [3.8, 4) is 0 Å². The SMILES string of the molecule is O=C1c2oc3c(ccc4ccccc43)c(=O)c2[C@@H](c2ccncc2)N1CCN1CCOCC1. The fraction of sp³-hybridized carbons (Fsp3) is 0.269. The number of amides is 1. The molecule has 0 saturated carbocycles.